The number of halogens is 14. The second kappa shape index (κ2) is 4.90. The maximum Gasteiger partial charge on any atom is 0.455 e. The summed E-state index contributed by atoms with van der Waals surface area (Å²) in [5.41, 5.74) is -7.76. The van der Waals surface area contributed by atoms with Crippen molar-refractivity contribution in [2.45, 2.75) is 24.5 Å². The first-order chi connectivity index (χ1) is 8.85. The largest absolute Gasteiger partial charge is 0.455 e. The van der Waals surface area contributed by atoms with Gasteiger partial charge < -0.3 is 0 Å². The molecule has 0 N–H and O–H groups in total. The fourth-order valence-electron chi connectivity index (χ4n) is 1.26. The highest BCUT2D eigenvalue weighted by Crippen LogP contribution is 2.67. The second-order valence-corrected chi connectivity index (χ2v) is 3.39. The summed E-state index contributed by atoms with van der Waals surface area (Å²) in [4.78, 5) is 0. The third-order valence-corrected chi connectivity index (χ3v) is 2.17. The van der Waals surface area contributed by atoms with Crippen LogP contribution in [0.4, 0.5) is 61.5 Å². The van der Waals surface area contributed by atoms with Crippen molar-refractivity contribution in [1.82, 2.24) is 0 Å². The standard InChI is InChI=1S/C7F14/c8-1(2(9)10)3(5(13,14)15,6(16,17)18)4(11,12)7(19,20)21. The molecular formula is C7F14. The van der Waals surface area contributed by atoms with Crippen LogP contribution in [0, 0.1) is 5.41 Å². The van der Waals surface area contributed by atoms with Crippen molar-refractivity contribution >= 4 is 0 Å². The topological polar surface area (TPSA) is 0 Å². The van der Waals surface area contributed by atoms with E-state index < -0.39 is 41.8 Å². The number of hydrogen-bond acceptors (Lipinski definition) is 0. The Balaban J connectivity index is 7.04. The van der Waals surface area contributed by atoms with Crippen LogP contribution in [0.3, 0.4) is 0 Å². The molecule has 0 unspecified atom stereocenters. The summed E-state index contributed by atoms with van der Waals surface area (Å²) >= 11 is 0. The van der Waals surface area contributed by atoms with Crippen LogP contribution in [0.15, 0.2) is 11.9 Å². The zero-order valence-corrected chi connectivity index (χ0v) is 8.79. The summed E-state index contributed by atoms with van der Waals surface area (Å²) in [7, 11) is 0. The third kappa shape index (κ3) is 2.63. The molecule has 126 valence electrons. The van der Waals surface area contributed by atoms with Gasteiger partial charge in [0.25, 0.3) is 5.41 Å². The SMILES string of the molecule is FC(F)=C(F)C(C(F)(F)F)(C(F)(F)F)C(F)(F)C(F)(F)F. The molecule has 0 atom stereocenters. The minimum Gasteiger partial charge on any atom is -0.204 e. The molecule has 0 nitrogen and oxygen atoms in total. The molecule has 0 saturated heterocycles. The van der Waals surface area contributed by atoms with Gasteiger partial charge in [-0.3, -0.25) is 0 Å². The van der Waals surface area contributed by atoms with E-state index in [1.165, 1.54) is 0 Å². The van der Waals surface area contributed by atoms with Gasteiger partial charge in [0.2, 0.25) is 0 Å². The molecule has 0 aliphatic rings. The van der Waals surface area contributed by atoms with Crippen LogP contribution in [-0.2, 0) is 0 Å². The summed E-state index contributed by atoms with van der Waals surface area (Å²) < 4.78 is 170. The van der Waals surface area contributed by atoms with E-state index in [-0.39, 0.29) is 0 Å². The van der Waals surface area contributed by atoms with E-state index in [1.807, 2.05) is 0 Å². The van der Waals surface area contributed by atoms with Crippen molar-refractivity contribution in [3.63, 3.8) is 0 Å². The molecule has 0 saturated carbocycles. The lowest BCUT2D eigenvalue weighted by Crippen LogP contribution is -2.66. The van der Waals surface area contributed by atoms with Crippen molar-refractivity contribution in [3.8, 4) is 0 Å². The van der Waals surface area contributed by atoms with Crippen LogP contribution in [0.1, 0.15) is 0 Å². The first-order valence-corrected chi connectivity index (χ1v) is 4.15. The molecule has 0 bridgehead atoms. The van der Waals surface area contributed by atoms with Gasteiger partial charge in [-0.15, -0.1) is 0 Å². The summed E-state index contributed by atoms with van der Waals surface area (Å²) in [5.74, 6) is -12.9. The Hall–Kier alpha value is -1.24. The Morgan fingerprint density at radius 3 is 0.905 bits per heavy atom. The Morgan fingerprint density at radius 2 is 0.762 bits per heavy atom. The fourth-order valence-corrected chi connectivity index (χ4v) is 1.26. The van der Waals surface area contributed by atoms with Gasteiger partial charge in [-0.1, -0.05) is 0 Å². The number of hydrogen-bond donors (Lipinski definition) is 0. The number of allylic oxidation sites excluding steroid dienone is 1. The van der Waals surface area contributed by atoms with Crippen LogP contribution in [0.5, 0.6) is 0 Å². The van der Waals surface area contributed by atoms with E-state index in [0.717, 1.165) is 0 Å². The predicted molar refractivity (Wildman–Crippen MR) is 35.9 cm³/mol. The molecule has 0 aromatic rings. The van der Waals surface area contributed by atoms with Crippen LogP contribution in [0.2, 0.25) is 0 Å². The third-order valence-electron chi connectivity index (χ3n) is 2.17. The van der Waals surface area contributed by atoms with Gasteiger partial charge in [-0.05, 0) is 0 Å². The number of rotatable bonds is 2. The molecule has 0 fully saturated rings. The lowest BCUT2D eigenvalue weighted by atomic mass is 9.77. The first-order valence-electron chi connectivity index (χ1n) is 4.15. The lowest BCUT2D eigenvalue weighted by molar-refractivity contribution is -0.439. The van der Waals surface area contributed by atoms with Crippen LogP contribution in [0.25, 0.3) is 0 Å². The maximum absolute atomic E-state index is 12.7. The van der Waals surface area contributed by atoms with Crippen LogP contribution >= 0.6 is 0 Å². The predicted octanol–water partition coefficient (Wildman–Crippen LogP) is 5.37. The molecule has 0 aromatic heterocycles. The smallest absolute Gasteiger partial charge is 0.204 e. The van der Waals surface area contributed by atoms with Gasteiger partial charge in [0, 0.05) is 0 Å². The minimum atomic E-state index is -7.94. The summed E-state index contributed by atoms with van der Waals surface area (Å²) in [6, 6.07) is 0. The zero-order valence-electron chi connectivity index (χ0n) is 8.79. The molecule has 0 heterocycles. The van der Waals surface area contributed by atoms with Gasteiger partial charge in [0.1, 0.15) is 0 Å². The molecule has 0 amide bonds. The molecule has 0 radical (unpaired) electrons. The molecule has 0 aliphatic heterocycles. The van der Waals surface area contributed by atoms with E-state index in [0.29, 0.717) is 0 Å². The Labute approximate surface area is 105 Å². The molecule has 21 heavy (non-hydrogen) atoms. The average molecular weight is 350 g/mol. The fraction of sp³-hybridized carbons (Fsp3) is 0.714. The van der Waals surface area contributed by atoms with Gasteiger partial charge >= 0.3 is 30.5 Å². The highest BCUT2D eigenvalue weighted by Gasteiger charge is 2.91. The summed E-state index contributed by atoms with van der Waals surface area (Å²) in [6.45, 7) is 0. The Kier molecular flexibility index (Phi) is 4.61. The van der Waals surface area contributed by atoms with Crippen molar-refractivity contribution in [2.75, 3.05) is 0 Å². The van der Waals surface area contributed by atoms with Crippen LogP contribution in [-0.4, -0.2) is 24.5 Å². The van der Waals surface area contributed by atoms with Crippen molar-refractivity contribution in [1.29, 1.82) is 0 Å². The van der Waals surface area contributed by atoms with E-state index in [2.05, 4.69) is 0 Å². The highest BCUT2D eigenvalue weighted by atomic mass is 19.4. The van der Waals surface area contributed by atoms with Gasteiger partial charge in [0.05, 0.1) is 0 Å². The first kappa shape index (κ1) is 19.8. The van der Waals surface area contributed by atoms with Gasteiger partial charge in [-0.25, -0.2) is 4.39 Å². The van der Waals surface area contributed by atoms with E-state index in [4.69, 9.17) is 0 Å². The Morgan fingerprint density at radius 1 is 0.476 bits per heavy atom. The molecule has 0 rings (SSSR count). The normalized spacial score (nSPS) is 15.1. The average Bonchev–Trinajstić information content (AvgIpc) is 2.10. The lowest BCUT2D eigenvalue weighted by Gasteiger charge is -2.41. The van der Waals surface area contributed by atoms with E-state index in [1.54, 1.807) is 0 Å². The van der Waals surface area contributed by atoms with Crippen molar-refractivity contribution < 1.29 is 61.5 Å². The van der Waals surface area contributed by atoms with E-state index in [9.17, 15) is 61.5 Å². The molecular weight excluding hydrogens is 350 g/mol. The molecule has 14 heteroatoms. The highest BCUT2D eigenvalue weighted by molar-refractivity contribution is 5.23. The maximum atomic E-state index is 12.7. The molecule has 0 aliphatic carbocycles. The molecule has 0 aromatic carbocycles. The number of alkyl halides is 11. The van der Waals surface area contributed by atoms with E-state index >= 15 is 0 Å². The summed E-state index contributed by atoms with van der Waals surface area (Å²) in [5, 5.41) is 0. The van der Waals surface area contributed by atoms with Gasteiger partial charge in [0.15, 0.2) is 5.83 Å². The van der Waals surface area contributed by atoms with Crippen molar-refractivity contribution in [2.24, 2.45) is 5.41 Å². The summed E-state index contributed by atoms with van der Waals surface area (Å²) in [6.07, 6.45) is -27.8. The molecule has 0 spiro atoms. The minimum absolute atomic E-state index is 4.62. The van der Waals surface area contributed by atoms with Gasteiger partial charge in [-0.2, -0.15) is 57.1 Å². The Bertz CT molecular complexity index is 398. The monoisotopic (exact) mass is 350 g/mol. The quantitative estimate of drug-likeness (QED) is 0.587. The van der Waals surface area contributed by atoms with Crippen molar-refractivity contribution in [3.05, 3.63) is 11.9 Å². The second-order valence-electron chi connectivity index (χ2n) is 3.39. The zero-order chi connectivity index (χ0) is 17.7. The van der Waals surface area contributed by atoms with Crippen LogP contribution < -0.4 is 0 Å².